The third kappa shape index (κ3) is 2.66. The van der Waals surface area contributed by atoms with Crippen LogP contribution in [0.4, 0.5) is 10.1 Å². The standard InChI is InChI=1S/C17H17FN2O/c1-10-3-8-16(11(2)19-10)20-17(21)15-6-4-12-9-13(18)5-7-14(12)15/h3,5,7-9,15H,4,6H2,1-2H3,(H,20,21)/t15-/m1/s1. The van der Waals surface area contributed by atoms with Gasteiger partial charge in [0.05, 0.1) is 17.3 Å². The van der Waals surface area contributed by atoms with Crippen LogP contribution in [-0.4, -0.2) is 10.9 Å². The molecule has 0 bridgehead atoms. The number of aromatic nitrogens is 1. The molecule has 108 valence electrons. The highest BCUT2D eigenvalue weighted by atomic mass is 19.1. The Morgan fingerprint density at radius 1 is 1.29 bits per heavy atom. The molecule has 1 aromatic carbocycles. The van der Waals surface area contributed by atoms with Gasteiger partial charge in [-0.3, -0.25) is 9.78 Å². The molecule has 4 heteroatoms. The first kappa shape index (κ1) is 13.7. The first-order chi connectivity index (χ1) is 10.0. The summed E-state index contributed by atoms with van der Waals surface area (Å²) in [7, 11) is 0. The fraction of sp³-hybridized carbons (Fsp3) is 0.294. The summed E-state index contributed by atoms with van der Waals surface area (Å²) in [6.07, 6.45) is 1.47. The van der Waals surface area contributed by atoms with Crippen LogP contribution in [0.1, 0.15) is 34.9 Å². The van der Waals surface area contributed by atoms with Crippen LogP contribution in [0.15, 0.2) is 30.3 Å². The van der Waals surface area contributed by atoms with E-state index in [1.165, 1.54) is 12.1 Å². The van der Waals surface area contributed by atoms with Crippen LogP contribution < -0.4 is 5.32 Å². The second-order valence-corrected chi connectivity index (χ2v) is 5.51. The second kappa shape index (κ2) is 5.28. The molecule has 0 aliphatic heterocycles. The Labute approximate surface area is 123 Å². The summed E-state index contributed by atoms with van der Waals surface area (Å²) in [4.78, 5) is 16.8. The Balaban J connectivity index is 1.81. The zero-order valence-electron chi connectivity index (χ0n) is 12.1. The van der Waals surface area contributed by atoms with Gasteiger partial charge >= 0.3 is 0 Å². The number of carbonyl (C=O) groups is 1. The molecule has 0 unspecified atom stereocenters. The maximum Gasteiger partial charge on any atom is 0.231 e. The molecule has 0 radical (unpaired) electrons. The van der Waals surface area contributed by atoms with Crippen molar-refractivity contribution in [2.75, 3.05) is 5.32 Å². The van der Waals surface area contributed by atoms with Crippen LogP contribution in [0.2, 0.25) is 0 Å². The van der Waals surface area contributed by atoms with Gasteiger partial charge in [-0.1, -0.05) is 6.07 Å². The SMILES string of the molecule is Cc1ccc(NC(=O)[C@@H]2CCc3cc(F)ccc32)c(C)n1. The third-order valence-electron chi connectivity index (χ3n) is 3.98. The fourth-order valence-electron chi connectivity index (χ4n) is 2.90. The van der Waals surface area contributed by atoms with E-state index in [1.807, 2.05) is 26.0 Å². The Hall–Kier alpha value is -2.23. The molecule has 0 saturated heterocycles. The molecule has 1 aromatic heterocycles. The Morgan fingerprint density at radius 3 is 2.86 bits per heavy atom. The molecule has 0 fully saturated rings. The van der Waals surface area contributed by atoms with Crippen molar-refractivity contribution in [2.45, 2.75) is 32.6 Å². The molecule has 1 atom stereocenters. The van der Waals surface area contributed by atoms with Gasteiger partial charge < -0.3 is 5.32 Å². The zero-order chi connectivity index (χ0) is 15.0. The van der Waals surface area contributed by atoms with E-state index in [4.69, 9.17) is 0 Å². The van der Waals surface area contributed by atoms with Gasteiger partial charge in [-0.15, -0.1) is 0 Å². The molecule has 0 saturated carbocycles. The normalized spacial score (nSPS) is 16.6. The summed E-state index contributed by atoms with van der Waals surface area (Å²) in [6, 6.07) is 8.42. The lowest BCUT2D eigenvalue weighted by Gasteiger charge is -2.14. The van der Waals surface area contributed by atoms with E-state index in [0.717, 1.165) is 41.0 Å². The highest BCUT2D eigenvalue weighted by Gasteiger charge is 2.29. The van der Waals surface area contributed by atoms with Crippen LogP contribution in [-0.2, 0) is 11.2 Å². The number of hydrogen-bond acceptors (Lipinski definition) is 2. The van der Waals surface area contributed by atoms with Crippen molar-refractivity contribution >= 4 is 11.6 Å². The van der Waals surface area contributed by atoms with E-state index in [1.54, 1.807) is 6.07 Å². The van der Waals surface area contributed by atoms with E-state index in [-0.39, 0.29) is 17.6 Å². The van der Waals surface area contributed by atoms with Crippen LogP contribution in [0.5, 0.6) is 0 Å². The molecular weight excluding hydrogens is 267 g/mol. The van der Waals surface area contributed by atoms with Crippen LogP contribution in [0.25, 0.3) is 0 Å². The van der Waals surface area contributed by atoms with E-state index in [2.05, 4.69) is 10.3 Å². The zero-order valence-corrected chi connectivity index (χ0v) is 12.1. The minimum absolute atomic E-state index is 0.0471. The van der Waals surface area contributed by atoms with Crippen molar-refractivity contribution in [3.8, 4) is 0 Å². The Kier molecular flexibility index (Phi) is 3.45. The van der Waals surface area contributed by atoms with E-state index in [9.17, 15) is 9.18 Å². The number of fused-ring (bicyclic) bond motifs is 1. The quantitative estimate of drug-likeness (QED) is 0.917. The van der Waals surface area contributed by atoms with Crippen molar-refractivity contribution in [3.63, 3.8) is 0 Å². The van der Waals surface area contributed by atoms with Gasteiger partial charge in [-0.25, -0.2) is 4.39 Å². The summed E-state index contributed by atoms with van der Waals surface area (Å²) in [5, 5.41) is 2.94. The smallest absolute Gasteiger partial charge is 0.231 e. The van der Waals surface area contributed by atoms with Gasteiger partial charge in [0.2, 0.25) is 5.91 Å². The number of anilines is 1. The van der Waals surface area contributed by atoms with Crippen molar-refractivity contribution in [1.29, 1.82) is 0 Å². The number of rotatable bonds is 2. The lowest BCUT2D eigenvalue weighted by molar-refractivity contribution is -0.117. The maximum atomic E-state index is 13.2. The van der Waals surface area contributed by atoms with Gasteiger partial charge in [0.25, 0.3) is 0 Å². The molecule has 1 aliphatic rings. The van der Waals surface area contributed by atoms with Crippen molar-refractivity contribution in [2.24, 2.45) is 0 Å². The molecule has 1 heterocycles. The predicted octanol–water partition coefficient (Wildman–Crippen LogP) is 3.51. The van der Waals surface area contributed by atoms with Crippen molar-refractivity contribution in [3.05, 3.63) is 58.7 Å². The van der Waals surface area contributed by atoms with Crippen LogP contribution in [0.3, 0.4) is 0 Å². The molecule has 3 rings (SSSR count). The largest absolute Gasteiger partial charge is 0.324 e. The van der Waals surface area contributed by atoms with Gasteiger partial charge in [0.1, 0.15) is 5.82 Å². The molecule has 1 amide bonds. The summed E-state index contributed by atoms with van der Waals surface area (Å²) >= 11 is 0. The van der Waals surface area contributed by atoms with E-state index < -0.39 is 0 Å². The van der Waals surface area contributed by atoms with Gasteiger partial charge in [0.15, 0.2) is 0 Å². The van der Waals surface area contributed by atoms with Crippen molar-refractivity contribution in [1.82, 2.24) is 4.98 Å². The van der Waals surface area contributed by atoms with Crippen LogP contribution in [0, 0.1) is 19.7 Å². The number of amides is 1. The lowest BCUT2D eigenvalue weighted by Crippen LogP contribution is -2.20. The van der Waals surface area contributed by atoms with Gasteiger partial charge in [-0.2, -0.15) is 0 Å². The molecular formula is C17H17FN2O. The number of hydrogen-bond donors (Lipinski definition) is 1. The number of halogens is 1. The number of pyridine rings is 1. The topological polar surface area (TPSA) is 42.0 Å². The summed E-state index contributed by atoms with van der Waals surface area (Å²) < 4.78 is 13.2. The van der Waals surface area contributed by atoms with Gasteiger partial charge in [-0.05, 0) is 62.1 Å². The number of nitrogens with one attached hydrogen (secondary N) is 1. The Bertz CT molecular complexity index is 712. The average Bonchev–Trinajstić information content (AvgIpc) is 2.84. The molecule has 1 N–H and O–H groups in total. The van der Waals surface area contributed by atoms with E-state index >= 15 is 0 Å². The molecule has 2 aromatic rings. The number of aryl methyl sites for hydroxylation is 3. The Morgan fingerprint density at radius 2 is 2.10 bits per heavy atom. The monoisotopic (exact) mass is 284 g/mol. The fourth-order valence-corrected chi connectivity index (χ4v) is 2.90. The highest BCUT2D eigenvalue weighted by molar-refractivity contribution is 5.97. The number of carbonyl (C=O) groups excluding carboxylic acids is 1. The molecule has 0 spiro atoms. The number of benzene rings is 1. The third-order valence-corrected chi connectivity index (χ3v) is 3.98. The van der Waals surface area contributed by atoms with E-state index in [0.29, 0.717) is 0 Å². The number of nitrogens with zero attached hydrogens (tertiary/aromatic N) is 1. The maximum absolute atomic E-state index is 13.2. The minimum Gasteiger partial charge on any atom is -0.324 e. The predicted molar refractivity (Wildman–Crippen MR) is 79.8 cm³/mol. The average molecular weight is 284 g/mol. The van der Waals surface area contributed by atoms with Crippen LogP contribution >= 0.6 is 0 Å². The first-order valence-electron chi connectivity index (χ1n) is 7.08. The van der Waals surface area contributed by atoms with Gasteiger partial charge in [0, 0.05) is 5.69 Å². The summed E-state index contributed by atoms with van der Waals surface area (Å²) in [5.74, 6) is -0.496. The minimum atomic E-state index is -0.242. The summed E-state index contributed by atoms with van der Waals surface area (Å²) in [5.41, 5.74) is 4.34. The molecule has 21 heavy (non-hydrogen) atoms. The summed E-state index contributed by atoms with van der Waals surface area (Å²) in [6.45, 7) is 3.79. The highest BCUT2D eigenvalue weighted by Crippen LogP contribution is 2.34. The van der Waals surface area contributed by atoms with Crippen molar-refractivity contribution < 1.29 is 9.18 Å². The lowest BCUT2D eigenvalue weighted by atomic mass is 10.0. The molecule has 1 aliphatic carbocycles. The second-order valence-electron chi connectivity index (χ2n) is 5.51. The molecule has 3 nitrogen and oxygen atoms in total. The first-order valence-corrected chi connectivity index (χ1v) is 7.08.